The molecule has 4 nitrogen and oxygen atoms in total. The van der Waals surface area contributed by atoms with Crippen LogP contribution in [0.4, 0.5) is 0 Å². The van der Waals surface area contributed by atoms with Gasteiger partial charge in [-0.2, -0.15) is 0 Å². The molecule has 0 saturated heterocycles. The van der Waals surface area contributed by atoms with Crippen molar-refractivity contribution < 1.29 is 20.4 Å². The summed E-state index contributed by atoms with van der Waals surface area (Å²) < 4.78 is 0. The summed E-state index contributed by atoms with van der Waals surface area (Å²) in [6, 6.07) is 25.9. The van der Waals surface area contributed by atoms with Gasteiger partial charge in [0.25, 0.3) is 0 Å². The van der Waals surface area contributed by atoms with E-state index in [-0.39, 0.29) is 33.5 Å². The van der Waals surface area contributed by atoms with Crippen molar-refractivity contribution in [3.63, 3.8) is 0 Å². The van der Waals surface area contributed by atoms with E-state index in [1.165, 1.54) is 0 Å². The Morgan fingerprint density at radius 1 is 0.304 bits per heavy atom. The van der Waals surface area contributed by atoms with Crippen molar-refractivity contribution in [3.05, 3.63) is 151 Å². The molecule has 0 fully saturated rings. The summed E-state index contributed by atoms with van der Waals surface area (Å²) in [5.41, 5.74) is 12.3. The second kappa shape index (κ2) is 14.7. The predicted molar refractivity (Wildman–Crippen MR) is 235 cm³/mol. The molecule has 5 rings (SSSR count). The van der Waals surface area contributed by atoms with Gasteiger partial charge in [0.2, 0.25) is 0 Å². The molecule has 0 aliphatic carbocycles. The summed E-state index contributed by atoms with van der Waals surface area (Å²) in [6.45, 7) is 33.4. The molecule has 0 aromatic heterocycles. The largest absolute Gasteiger partial charge is 0.507 e. The third kappa shape index (κ3) is 8.36. The molecule has 0 unspecified atom stereocenters. The second-order valence-electron chi connectivity index (χ2n) is 20.5. The minimum Gasteiger partial charge on any atom is -0.507 e. The Balaban J connectivity index is 1.82. The van der Waals surface area contributed by atoms with Crippen LogP contribution < -0.4 is 0 Å². The van der Waals surface area contributed by atoms with Gasteiger partial charge in [0.1, 0.15) is 23.0 Å². The molecule has 0 aliphatic heterocycles. The molecule has 5 aromatic carbocycles. The first kappa shape index (κ1) is 42.4. The first-order valence-electron chi connectivity index (χ1n) is 20.1. The number of phenolic OH excluding ortho intramolecular Hbond substituents is 4. The number of phenols is 4. The van der Waals surface area contributed by atoms with Crippen molar-refractivity contribution >= 4 is 0 Å². The number of hydrogen-bond donors (Lipinski definition) is 4. The SMILES string of the molecule is Cc1cc(C(c2ccc(C(c3cc(C)c(O)c(C(C)(C)C)c3)c3cc(C)c(O)c(C(C)(C)C)c3)cc2)c2cc(C)c(O)c(C(C)(C)C)c2)cc(C(C)(C)C)c1O. The Morgan fingerprint density at radius 2 is 0.482 bits per heavy atom. The standard InChI is InChI=1S/C52H66O4/c1-29-21-35(25-39(45(29)53)49(5,6)7)43(36-22-30(2)46(54)40(26-36)50(8,9)10)33-17-19-34(20-18-33)44(37-23-31(3)47(55)41(27-37)51(11,12)13)38-24-32(4)48(56)42(28-38)52(14,15)16/h17-28,43-44,53-56H,1-16H3. The van der Waals surface area contributed by atoms with E-state index in [0.29, 0.717) is 23.0 Å². The highest BCUT2D eigenvalue weighted by Gasteiger charge is 2.30. The van der Waals surface area contributed by atoms with Gasteiger partial charge in [0.15, 0.2) is 0 Å². The van der Waals surface area contributed by atoms with Crippen LogP contribution in [-0.4, -0.2) is 20.4 Å². The van der Waals surface area contributed by atoms with E-state index >= 15 is 0 Å². The molecule has 0 atom stereocenters. The average Bonchev–Trinajstić information content (AvgIpc) is 3.06. The molecule has 0 amide bonds. The maximum absolute atomic E-state index is 11.3. The van der Waals surface area contributed by atoms with Crippen molar-refractivity contribution in [2.45, 2.75) is 144 Å². The van der Waals surface area contributed by atoms with Crippen LogP contribution in [0.1, 0.15) is 173 Å². The summed E-state index contributed by atoms with van der Waals surface area (Å²) in [5, 5.41) is 45.1. The molecule has 0 radical (unpaired) electrons. The lowest BCUT2D eigenvalue weighted by atomic mass is 9.75. The Hall–Kier alpha value is -4.70. The summed E-state index contributed by atoms with van der Waals surface area (Å²) in [7, 11) is 0. The number of hydrogen-bond acceptors (Lipinski definition) is 4. The summed E-state index contributed by atoms with van der Waals surface area (Å²) >= 11 is 0. The quantitative estimate of drug-likeness (QED) is 0.130. The van der Waals surface area contributed by atoms with Crippen LogP contribution in [0, 0.1) is 27.7 Å². The highest BCUT2D eigenvalue weighted by Crippen LogP contribution is 2.46. The molecule has 298 valence electrons. The van der Waals surface area contributed by atoms with E-state index in [1.54, 1.807) is 0 Å². The molecule has 4 N–H and O–H groups in total. The lowest BCUT2D eigenvalue weighted by Crippen LogP contribution is -2.16. The fourth-order valence-electron chi connectivity index (χ4n) is 8.22. The average molecular weight is 755 g/mol. The van der Waals surface area contributed by atoms with Gasteiger partial charge >= 0.3 is 0 Å². The van der Waals surface area contributed by atoms with Crippen molar-refractivity contribution in [3.8, 4) is 23.0 Å². The molecule has 0 bridgehead atoms. The number of benzene rings is 5. The summed E-state index contributed by atoms with van der Waals surface area (Å²) in [4.78, 5) is 0. The molecule has 0 aliphatic rings. The van der Waals surface area contributed by atoms with Crippen LogP contribution >= 0.6 is 0 Å². The van der Waals surface area contributed by atoms with Gasteiger partial charge in [-0.1, -0.05) is 156 Å². The molecule has 4 heteroatoms. The highest BCUT2D eigenvalue weighted by atomic mass is 16.3. The van der Waals surface area contributed by atoms with Gasteiger partial charge < -0.3 is 20.4 Å². The van der Waals surface area contributed by atoms with Crippen LogP contribution in [0.25, 0.3) is 0 Å². The van der Waals surface area contributed by atoms with Crippen LogP contribution in [0.15, 0.2) is 72.8 Å². The zero-order valence-electron chi connectivity index (χ0n) is 36.9. The van der Waals surface area contributed by atoms with Gasteiger partial charge in [-0.25, -0.2) is 0 Å². The fourth-order valence-corrected chi connectivity index (χ4v) is 8.22. The van der Waals surface area contributed by atoms with Crippen LogP contribution in [0.5, 0.6) is 23.0 Å². The van der Waals surface area contributed by atoms with E-state index in [4.69, 9.17) is 0 Å². The van der Waals surface area contributed by atoms with Crippen LogP contribution in [0.3, 0.4) is 0 Å². The van der Waals surface area contributed by atoms with Crippen LogP contribution in [-0.2, 0) is 21.7 Å². The summed E-state index contributed by atoms with van der Waals surface area (Å²) in [5.74, 6) is 0.938. The van der Waals surface area contributed by atoms with Crippen molar-refractivity contribution in [1.29, 1.82) is 0 Å². The van der Waals surface area contributed by atoms with Gasteiger partial charge in [-0.3, -0.25) is 0 Å². The first-order valence-corrected chi connectivity index (χ1v) is 20.1. The second-order valence-corrected chi connectivity index (χ2v) is 20.5. The maximum Gasteiger partial charge on any atom is 0.122 e. The van der Waals surface area contributed by atoms with Gasteiger partial charge in [-0.15, -0.1) is 0 Å². The highest BCUT2D eigenvalue weighted by molar-refractivity contribution is 5.58. The van der Waals surface area contributed by atoms with Gasteiger partial charge in [0, 0.05) is 11.8 Å². The van der Waals surface area contributed by atoms with Crippen molar-refractivity contribution in [2.75, 3.05) is 0 Å². The van der Waals surface area contributed by atoms with E-state index < -0.39 is 0 Å². The smallest absolute Gasteiger partial charge is 0.122 e. The zero-order valence-corrected chi connectivity index (χ0v) is 36.9. The number of rotatable bonds is 6. The lowest BCUT2D eigenvalue weighted by Gasteiger charge is -2.29. The first-order chi connectivity index (χ1) is 25.6. The molecular formula is C52H66O4. The van der Waals surface area contributed by atoms with Crippen molar-refractivity contribution in [2.24, 2.45) is 0 Å². The molecule has 56 heavy (non-hydrogen) atoms. The van der Waals surface area contributed by atoms with Gasteiger partial charge in [0.05, 0.1) is 0 Å². The monoisotopic (exact) mass is 754 g/mol. The predicted octanol–water partition coefficient (Wildman–Crippen LogP) is 13.3. The third-order valence-electron chi connectivity index (χ3n) is 11.5. The molecule has 0 heterocycles. The minimum absolute atomic E-state index is 0.185. The molecule has 5 aromatic rings. The zero-order chi connectivity index (χ0) is 42.0. The lowest BCUT2D eigenvalue weighted by molar-refractivity contribution is 0.441. The number of aryl methyl sites for hydroxylation is 4. The fraction of sp³-hybridized carbons (Fsp3) is 0.423. The number of aromatic hydroxyl groups is 4. The van der Waals surface area contributed by atoms with Crippen molar-refractivity contribution in [1.82, 2.24) is 0 Å². The Kier molecular flexibility index (Phi) is 11.1. The Morgan fingerprint density at radius 3 is 0.643 bits per heavy atom. The normalized spacial score (nSPS) is 12.9. The van der Waals surface area contributed by atoms with Gasteiger partial charge in [-0.05, 0) is 127 Å². The van der Waals surface area contributed by atoms with E-state index in [0.717, 1.165) is 77.9 Å². The van der Waals surface area contributed by atoms with Crippen LogP contribution in [0.2, 0.25) is 0 Å². The Labute approximate surface area is 337 Å². The molecule has 0 spiro atoms. The van der Waals surface area contributed by atoms with E-state index in [1.807, 2.05) is 27.7 Å². The third-order valence-corrected chi connectivity index (χ3v) is 11.5. The molecule has 0 saturated carbocycles. The maximum atomic E-state index is 11.3. The Bertz CT molecular complexity index is 1960. The summed E-state index contributed by atoms with van der Waals surface area (Å²) in [6.07, 6.45) is 0. The van der Waals surface area contributed by atoms with E-state index in [9.17, 15) is 20.4 Å². The topological polar surface area (TPSA) is 80.9 Å². The minimum atomic E-state index is -0.282. The molecular weight excluding hydrogens is 689 g/mol. The van der Waals surface area contributed by atoms with E-state index in [2.05, 4.69) is 156 Å².